The van der Waals surface area contributed by atoms with E-state index in [1.807, 2.05) is 48.5 Å². The lowest BCUT2D eigenvalue weighted by atomic mass is 10.0. The molecule has 2 heterocycles. The van der Waals surface area contributed by atoms with Gasteiger partial charge in [0.15, 0.2) is 0 Å². The first-order valence-corrected chi connectivity index (χ1v) is 9.58. The van der Waals surface area contributed by atoms with Gasteiger partial charge in [-0.15, -0.1) is 0 Å². The monoisotopic (exact) mass is 386 g/mol. The van der Waals surface area contributed by atoms with Crippen molar-refractivity contribution in [3.8, 4) is 0 Å². The van der Waals surface area contributed by atoms with E-state index in [-0.39, 0.29) is 11.5 Å². The van der Waals surface area contributed by atoms with Crippen molar-refractivity contribution >= 4 is 22.6 Å². The number of rotatable bonds is 5. The largest absolute Gasteiger partial charge is 0.467 e. The fourth-order valence-corrected chi connectivity index (χ4v) is 3.06. The second-order valence-corrected chi connectivity index (χ2v) is 7.13. The zero-order valence-corrected chi connectivity index (χ0v) is 16.4. The Morgan fingerprint density at radius 2 is 1.90 bits per heavy atom. The van der Waals surface area contributed by atoms with Crippen LogP contribution in [0.4, 0.5) is 5.69 Å². The summed E-state index contributed by atoms with van der Waals surface area (Å²) in [5.74, 6) is 0.795. The van der Waals surface area contributed by atoms with Gasteiger partial charge in [-0.1, -0.05) is 44.2 Å². The Morgan fingerprint density at radius 3 is 2.69 bits per heavy atom. The number of hydrogen-bond donors (Lipinski definition) is 1. The second kappa shape index (κ2) is 8.19. The number of carbonyl (C=O) groups is 1. The minimum absolute atomic E-state index is 0.269. The molecular formula is C24H22N2O3. The van der Waals surface area contributed by atoms with Gasteiger partial charge >= 0.3 is 0 Å². The van der Waals surface area contributed by atoms with E-state index in [0.717, 1.165) is 11.1 Å². The van der Waals surface area contributed by atoms with E-state index in [1.165, 1.54) is 5.56 Å². The fraction of sp³-hybridized carbons (Fsp3) is 0.167. The summed E-state index contributed by atoms with van der Waals surface area (Å²) in [5.41, 5.74) is 3.26. The quantitative estimate of drug-likeness (QED) is 0.505. The van der Waals surface area contributed by atoms with Crippen molar-refractivity contribution in [3.05, 3.63) is 95.4 Å². The maximum absolute atomic E-state index is 12.9. The number of amides is 1. The van der Waals surface area contributed by atoms with Gasteiger partial charge in [-0.25, -0.2) is 4.99 Å². The van der Waals surface area contributed by atoms with Crippen LogP contribution in [0.25, 0.3) is 11.0 Å². The topological polar surface area (TPSA) is 67.7 Å². The Morgan fingerprint density at radius 1 is 1.03 bits per heavy atom. The van der Waals surface area contributed by atoms with Gasteiger partial charge in [0, 0.05) is 5.39 Å². The summed E-state index contributed by atoms with van der Waals surface area (Å²) in [6.45, 7) is 4.56. The fourth-order valence-electron chi connectivity index (χ4n) is 3.06. The highest BCUT2D eigenvalue weighted by atomic mass is 16.3. The Kier molecular flexibility index (Phi) is 5.29. The van der Waals surface area contributed by atoms with Gasteiger partial charge < -0.3 is 14.2 Å². The zero-order valence-electron chi connectivity index (χ0n) is 16.4. The molecule has 0 bridgehead atoms. The molecule has 0 aliphatic carbocycles. The molecule has 0 atom stereocenters. The lowest BCUT2D eigenvalue weighted by Gasteiger charge is -2.07. The van der Waals surface area contributed by atoms with Gasteiger partial charge in [-0.05, 0) is 47.9 Å². The van der Waals surface area contributed by atoms with Crippen LogP contribution in [0.2, 0.25) is 0 Å². The van der Waals surface area contributed by atoms with Crippen molar-refractivity contribution in [1.29, 1.82) is 0 Å². The average Bonchev–Trinajstić information content (AvgIpc) is 3.25. The summed E-state index contributed by atoms with van der Waals surface area (Å²) < 4.78 is 11.3. The number of furan rings is 1. The van der Waals surface area contributed by atoms with Crippen molar-refractivity contribution in [2.24, 2.45) is 4.99 Å². The van der Waals surface area contributed by atoms with E-state index in [1.54, 1.807) is 18.4 Å². The van der Waals surface area contributed by atoms with Crippen molar-refractivity contribution in [2.45, 2.75) is 26.3 Å². The molecule has 1 N–H and O–H groups in total. The number of nitrogens with zero attached hydrogens (tertiary/aromatic N) is 1. The van der Waals surface area contributed by atoms with E-state index in [0.29, 0.717) is 29.4 Å². The maximum Gasteiger partial charge on any atom is 0.257 e. The molecule has 1 amide bonds. The first kappa shape index (κ1) is 18.7. The highest BCUT2D eigenvalue weighted by molar-refractivity contribution is 5.96. The molecule has 5 heteroatoms. The molecule has 5 nitrogen and oxygen atoms in total. The first-order valence-electron chi connectivity index (χ1n) is 9.58. The van der Waals surface area contributed by atoms with Crippen LogP contribution < -0.4 is 10.9 Å². The molecule has 0 aliphatic rings. The van der Waals surface area contributed by atoms with E-state index in [4.69, 9.17) is 8.83 Å². The molecular weight excluding hydrogens is 364 g/mol. The molecule has 0 spiro atoms. The Hall–Kier alpha value is -3.60. The smallest absolute Gasteiger partial charge is 0.257 e. The third-order valence-corrected chi connectivity index (χ3v) is 4.67. The summed E-state index contributed by atoms with van der Waals surface area (Å²) in [6, 6.07) is 20.9. The van der Waals surface area contributed by atoms with E-state index in [9.17, 15) is 4.79 Å². The third-order valence-electron chi connectivity index (χ3n) is 4.67. The molecule has 4 rings (SSSR count). The van der Waals surface area contributed by atoms with Gasteiger partial charge in [0.2, 0.25) is 5.55 Å². The van der Waals surface area contributed by atoms with E-state index < -0.39 is 0 Å². The molecule has 0 radical (unpaired) electrons. The number of benzene rings is 2. The van der Waals surface area contributed by atoms with Crippen LogP contribution in [0.5, 0.6) is 0 Å². The highest BCUT2D eigenvalue weighted by Gasteiger charge is 2.13. The van der Waals surface area contributed by atoms with Crippen LogP contribution in [-0.2, 0) is 6.54 Å². The van der Waals surface area contributed by atoms with E-state index >= 15 is 0 Å². The SMILES string of the molecule is CC(C)c1cccc(N=c2oc3ccccc3cc2C(=O)NCc2ccco2)c1. The molecule has 2 aromatic carbocycles. The van der Waals surface area contributed by atoms with Crippen LogP contribution in [0, 0.1) is 0 Å². The molecule has 0 saturated heterocycles. The lowest BCUT2D eigenvalue weighted by Crippen LogP contribution is -2.28. The number of nitrogens with one attached hydrogen (secondary N) is 1. The molecule has 4 aromatic rings. The third kappa shape index (κ3) is 4.29. The van der Waals surface area contributed by atoms with Crippen molar-refractivity contribution in [3.63, 3.8) is 0 Å². The van der Waals surface area contributed by atoms with Gasteiger partial charge in [0.25, 0.3) is 5.91 Å². The zero-order chi connectivity index (χ0) is 20.2. The Bertz CT molecular complexity index is 1200. The predicted molar refractivity (Wildman–Crippen MR) is 112 cm³/mol. The molecule has 0 unspecified atom stereocenters. The standard InChI is InChI=1S/C24H22N2O3/c1-16(2)17-8-5-9-19(13-17)26-24-21(14-18-7-3-4-11-22(18)29-24)23(27)25-15-20-10-6-12-28-20/h3-14,16H,15H2,1-2H3,(H,25,27). The molecule has 0 aliphatic heterocycles. The van der Waals surface area contributed by atoms with Crippen LogP contribution in [0.3, 0.4) is 0 Å². The summed E-state index contributed by atoms with van der Waals surface area (Å²) in [4.78, 5) is 17.5. The predicted octanol–water partition coefficient (Wildman–Crippen LogP) is 5.31. The van der Waals surface area contributed by atoms with Crippen LogP contribution in [-0.4, -0.2) is 5.91 Å². The summed E-state index contributed by atoms with van der Waals surface area (Å²) >= 11 is 0. The molecule has 29 heavy (non-hydrogen) atoms. The number of fused-ring (bicyclic) bond motifs is 1. The molecule has 0 saturated carbocycles. The minimum atomic E-state index is -0.269. The van der Waals surface area contributed by atoms with Gasteiger partial charge in [0.1, 0.15) is 16.9 Å². The number of hydrogen-bond acceptors (Lipinski definition) is 4. The molecule has 2 aromatic heterocycles. The van der Waals surface area contributed by atoms with Crippen molar-refractivity contribution in [2.75, 3.05) is 0 Å². The number of carbonyl (C=O) groups excluding carboxylic acids is 1. The average molecular weight is 386 g/mol. The van der Waals surface area contributed by atoms with Gasteiger partial charge in [0.05, 0.1) is 18.5 Å². The van der Waals surface area contributed by atoms with Crippen LogP contribution >= 0.6 is 0 Å². The first-order chi connectivity index (χ1) is 14.1. The Balaban J connectivity index is 1.77. The molecule has 0 fully saturated rings. The maximum atomic E-state index is 12.9. The Labute approximate surface area is 168 Å². The lowest BCUT2D eigenvalue weighted by molar-refractivity contribution is 0.0944. The van der Waals surface area contributed by atoms with Crippen LogP contribution in [0.15, 0.2) is 86.8 Å². The number of para-hydroxylation sites is 1. The van der Waals surface area contributed by atoms with Gasteiger partial charge in [-0.3, -0.25) is 4.79 Å². The summed E-state index contributed by atoms with van der Waals surface area (Å²) in [6.07, 6.45) is 1.58. The normalized spacial score (nSPS) is 11.9. The van der Waals surface area contributed by atoms with E-state index in [2.05, 4.69) is 30.2 Å². The van der Waals surface area contributed by atoms with Crippen molar-refractivity contribution < 1.29 is 13.6 Å². The minimum Gasteiger partial charge on any atom is -0.467 e. The molecule has 146 valence electrons. The van der Waals surface area contributed by atoms with Crippen molar-refractivity contribution in [1.82, 2.24) is 5.32 Å². The highest BCUT2D eigenvalue weighted by Crippen LogP contribution is 2.21. The van der Waals surface area contributed by atoms with Gasteiger partial charge in [-0.2, -0.15) is 0 Å². The summed E-state index contributed by atoms with van der Waals surface area (Å²) in [5, 5.41) is 3.71. The second-order valence-electron chi connectivity index (χ2n) is 7.13. The summed E-state index contributed by atoms with van der Waals surface area (Å²) in [7, 11) is 0. The van der Waals surface area contributed by atoms with Crippen LogP contribution in [0.1, 0.15) is 41.4 Å².